The van der Waals surface area contributed by atoms with Crippen LogP contribution in [0.2, 0.25) is 0 Å². The molecule has 2 rings (SSSR count). The molecule has 0 aromatic carbocycles. The molecular weight excluding hydrogens is 228 g/mol. The van der Waals surface area contributed by atoms with E-state index in [0.717, 1.165) is 51.3 Å². The van der Waals surface area contributed by atoms with Gasteiger partial charge in [0.15, 0.2) is 0 Å². The Kier molecular flexibility index (Phi) is 5.13. The predicted molar refractivity (Wildman–Crippen MR) is 70.2 cm³/mol. The van der Waals surface area contributed by atoms with Crippen LogP contribution in [0, 0.1) is 5.92 Å². The van der Waals surface area contributed by atoms with Crippen LogP contribution in [0.4, 0.5) is 0 Å². The molecule has 0 unspecified atom stereocenters. The molecule has 1 aromatic rings. The van der Waals surface area contributed by atoms with Crippen LogP contribution in [0.25, 0.3) is 0 Å². The van der Waals surface area contributed by atoms with Crippen LogP contribution in [0.3, 0.4) is 0 Å². The molecule has 1 aromatic heterocycles. The summed E-state index contributed by atoms with van der Waals surface area (Å²) in [6.07, 6.45) is 5.50. The van der Waals surface area contributed by atoms with E-state index in [1.165, 1.54) is 0 Å². The lowest BCUT2D eigenvalue weighted by Crippen LogP contribution is -2.27. The van der Waals surface area contributed by atoms with E-state index in [-0.39, 0.29) is 0 Å². The molecule has 0 saturated carbocycles. The summed E-state index contributed by atoms with van der Waals surface area (Å²) in [7, 11) is 0. The van der Waals surface area contributed by atoms with Gasteiger partial charge >= 0.3 is 0 Å². The van der Waals surface area contributed by atoms with Crippen molar-refractivity contribution >= 4 is 0 Å². The first kappa shape index (κ1) is 13.5. The summed E-state index contributed by atoms with van der Waals surface area (Å²) in [5, 5.41) is 11.9. The Morgan fingerprint density at radius 3 is 3.00 bits per heavy atom. The molecule has 102 valence electrons. The van der Waals surface area contributed by atoms with Crippen molar-refractivity contribution in [2.24, 2.45) is 5.92 Å². The second-order valence-electron chi connectivity index (χ2n) is 5.06. The van der Waals surface area contributed by atoms with Gasteiger partial charge < -0.3 is 10.1 Å². The van der Waals surface area contributed by atoms with Crippen LogP contribution in [0.5, 0.6) is 0 Å². The minimum absolute atomic E-state index is 0.582. The van der Waals surface area contributed by atoms with Gasteiger partial charge in [0.05, 0.1) is 12.3 Å². The zero-order valence-corrected chi connectivity index (χ0v) is 11.4. The van der Waals surface area contributed by atoms with E-state index in [1.807, 2.05) is 10.9 Å². The largest absolute Gasteiger partial charge is 0.381 e. The lowest BCUT2D eigenvalue weighted by molar-refractivity contribution is 0.181. The minimum Gasteiger partial charge on any atom is -0.381 e. The van der Waals surface area contributed by atoms with Crippen molar-refractivity contribution in [2.45, 2.75) is 52.2 Å². The van der Waals surface area contributed by atoms with Crippen molar-refractivity contribution < 1.29 is 4.74 Å². The van der Waals surface area contributed by atoms with E-state index in [2.05, 4.69) is 29.5 Å². The summed E-state index contributed by atoms with van der Waals surface area (Å²) in [6.45, 7) is 7.91. The second-order valence-corrected chi connectivity index (χ2v) is 5.06. The summed E-state index contributed by atoms with van der Waals surface area (Å²) in [4.78, 5) is 0. The summed E-state index contributed by atoms with van der Waals surface area (Å²) in [5.41, 5.74) is 1.03. The number of aromatic nitrogens is 3. The zero-order valence-electron chi connectivity index (χ0n) is 11.4. The van der Waals surface area contributed by atoms with Crippen LogP contribution in [-0.4, -0.2) is 34.2 Å². The first-order valence-corrected chi connectivity index (χ1v) is 7.02. The van der Waals surface area contributed by atoms with E-state index in [0.29, 0.717) is 12.0 Å². The van der Waals surface area contributed by atoms with Gasteiger partial charge in [0, 0.05) is 37.9 Å². The third kappa shape index (κ3) is 3.78. The van der Waals surface area contributed by atoms with E-state index in [1.54, 1.807) is 0 Å². The highest BCUT2D eigenvalue weighted by Gasteiger charge is 2.16. The van der Waals surface area contributed by atoms with Crippen LogP contribution in [0.15, 0.2) is 6.20 Å². The lowest BCUT2D eigenvalue weighted by Gasteiger charge is -2.12. The van der Waals surface area contributed by atoms with Crippen molar-refractivity contribution in [1.82, 2.24) is 20.3 Å². The van der Waals surface area contributed by atoms with Crippen LogP contribution < -0.4 is 5.32 Å². The number of nitrogens with one attached hydrogen (secondary N) is 1. The monoisotopic (exact) mass is 252 g/mol. The molecule has 0 spiro atoms. The van der Waals surface area contributed by atoms with Gasteiger partial charge in [-0.3, -0.25) is 4.68 Å². The van der Waals surface area contributed by atoms with Crippen LogP contribution in [-0.2, 0) is 17.8 Å². The Labute approximate surface area is 109 Å². The molecule has 5 heteroatoms. The molecule has 5 nitrogen and oxygen atoms in total. The van der Waals surface area contributed by atoms with Gasteiger partial charge in [0.1, 0.15) is 0 Å². The highest BCUT2D eigenvalue weighted by Crippen LogP contribution is 2.14. The van der Waals surface area contributed by atoms with Crippen LogP contribution in [0.1, 0.15) is 38.8 Å². The van der Waals surface area contributed by atoms with E-state index in [9.17, 15) is 0 Å². The lowest BCUT2D eigenvalue weighted by atomic mass is 10.1. The highest BCUT2D eigenvalue weighted by atomic mass is 16.5. The fraction of sp³-hybridized carbons (Fsp3) is 0.846. The quantitative estimate of drug-likeness (QED) is 0.800. The molecule has 1 aliphatic rings. The van der Waals surface area contributed by atoms with Crippen molar-refractivity contribution in [1.29, 1.82) is 0 Å². The number of ether oxygens (including phenoxy) is 1. The summed E-state index contributed by atoms with van der Waals surface area (Å²) < 4.78 is 7.32. The van der Waals surface area contributed by atoms with Gasteiger partial charge in [-0.25, -0.2) is 0 Å². The Hall–Kier alpha value is -0.940. The zero-order chi connectivity index (χ0) is 12.8. The van der Waals surface area contributed by atoms with Crippen LogP contribution >= 0.6 is 0 Å². The smallest absolute Gasteiger partial charge is 0.0964 e. The van der Waals surface area contributed by atoms with Gasteiger partial charge in [-0.05, 0) is 19.3 Å². The number of hydrogen-bond acceptors (Lipinski definition) is 4. The normalized spacial score (nSPS) is 19.8. The molecule has 0 aliphatic carbocycles. The molecule has 0 amide bonds. The summed E-state index contributed by atoms with van der Waals surface area (Å²) >= 11 is 0. The molecular formula is C13H24N4O. The molecule has 18 heavy (non-hydrogen) atoms. The SMILES string of the molecule is CCC(CC)NCc1cn(C[C@@H]2CCOC2)nn1. The molecule has 2 heterocycles. The molecule has 1 fully saturated rings. The average molecular weight is 252 g/mol. The summed E-state index contributed by atoms with van der Waals surface area (Å²) in [6, 6.07) is 0.582. The molecule has 0 radical (unpaired) electrons. The minimum atomic E-state index is 0.582. The Bertz CT molecular complexity index is 343. The fourth-order valence-corrected chi connectivity index (χ4v) is 2.33. The first-order chi connectivity index (χ1) is 8.81. The topological polar surface area (TPSA) is 52.0 Å². The van der Waals surface area contributed by atoms with Gasteiger partial charge in [-0.1, -0.05) is 19.1 Å². The van der Waals surface area contributed by atoms with E-state index in [4.69, 9.17) is 4.74 Å². The van der Waals surface area contributed by atoms with Crippen molar-refractivity contribution in [2.75, 3.05) is 13.2 Å². The third-order valence-corrected chi connectivity index (χ3v) is 3.61. The van der Waals surface area contributed by atoms with E-state index >= 15 is 0 Å². The Morgan fingerprint density at radius 1 is 1.50 bits per heavy atom. The van der Waals surface area contributed by atoms with E-state index < -0.39 is 0 Å². The maximum Gasteiger partial charge on any atom is 0.0964 e. The number of nitrogens with zero attached hydrogens (tertiary/aromatic N) is 3. The van der Waals surface area contributed by atoms with Gasteiger partial charge in [0.25, 0.3) is 0 Å². The fourth-order valence-electron chi connectivity index (χ4n) is 2.33. The van der Waals surface area contributed by atoms with Crippen molar-refractivity contribution in [3.05, 3.63) is 11.9 Å². The average Bonchev–Trinajstić information content (AvgIpc) is 3.03. The molecule has 1 N–H and O–H groups in total. The Morgan fingerprint density at radius 2 is 2.33 bits per heavy atom. The standard InChI is InChI=1S/C13H24N4O/c1-3-12(4-2)14-7-13-9-17(16-15-13)8-11-5-6-18-10-11/h9,11-12,14H,3-8,10H2,1-2H3/t11-/m0/s1. The first-order valence-electron chi connectivity index (χ1n) is 7.02. The second kappa shape index (κ2) is 6.85. The number of rotatable bonds is 7. The maximum atomic E-state index is 5.37. The van der Waals surface area contributed by atoms with Gasteiger partial charge in [0.2, 0.25) is 0 Å². The number of hydrogen-bond donors (Lipinski definition) is 1. The molecule has 1 aliphatic heterocycles. The third-order valence-electron chi connectivity index (χ3n) is 3.61. The summed E-state index contributed by atoms with van der Waals surface area (Å²) in [5.74, 6) is 0.603. The van der Waals surface area contributed by atoms with Crippen molar-refractivity contribution in [3.63, 3.8) is 0 Å². The maximum absolute atomic E-state index is 5.37. The molecule has 0 bridgehead atoms. The van der Waals surface area contributed by atoms with Gasteiger partial charge in [-0.15, -0.1) is 5.10 Å². The molecule has 1 atom stereocenters. The Balaban J connectivity index is 1.78. The predicted octanol–water partition coefficient (Wildman–Crippen LogP) is 1.59. The molecule has 1 saturated heterocycles. The van der Waals surface area contributed by atoms with Gasteiger partial charge in [-0.2, -0.15) is 0 Å². The highest BCUT2D eigenvalue weighted by molar-refractivity contribution is 4.92. The van der Waals surface area contributed by atoms with Crippen molar-refractivity contribution in [3.8, 4) is 0 Å².